The lowest BCUT2D eigenvalue weighted by Crippen LogP contribution is -2.60. The van der Waals surface area contributed by atoms with Gasteiger partial charge < -0.3 is 28.7 Å². The molecule has 9 rings (SSSR count). The molecule has 0 aliphatic carbocycles. The Morgan fingerprint density at radius 2 is 1.60 bits per heavy atom. The normalized spacial score (nSPS) is 23.8. The molecule has 4 atom stereocenters. The van der Waals surface area contributed by atoms with Crippen LogP contribution < -0.4 is 0 Å². The highest BCUT2D eigenvalue weighted by Crippen LogP contribution is 2.55. The molecule has 42 heavy (non-hydrogen) atoms. The number of aromatic amines is 1. The lowest BCUT2D eigenvalue weighted by atomic mass is 9.91. The van der Waals surface area contributed by atoms with Gasteiger partial charge in [-0.2, -0.15) is 0 Å². The molecule has 5 heterocycles. The minimum Gasteiger partial charge on any atom is -0.494 e. The number of benzene rings is 4. The Bertz CT molecular complexity index is 2190. The van der Waals surface area contributed by atoms with E-state index in [0.717, 1.165) is 67.3 Å². The summed E-state index contributed by atoms with van der Waals surface area (Å²) in [5.41, 5.74) is 4.87. The topological polar surface area (TPSA) is 67.6 Å². The Morgan fingerprint density at radius 1 is 0.905 bits per heavy atom. The van der Waals surface area contributed by atoms with Gasteiger partial charge >= 0.3 is 0 Å². The number of methoxy groups -OCH3 is 1. The first-order chi connectivity index (χ1) is 20.5. The first-order valence-electron chi connectivity index (χ1n) is 14.6. The Labute approximate surface area is 242 Å². The molecule has 2 bridgehead atoms. The van der Waals surface area contributed by atoms with E-state index in [1.807, 2.05) is 13.3 Å². The van der Waals surface area contributed by atoms with E-state index in [2.05, 4.69) is 112 Å². The molecule has 2 aliphatic heterocycles. The molecule has 0 amide bonds. The van der Waals surface area contributed by atoms with Crippen molar-refractivity contribution < 1.29 is 14.6 Å². The van der Waals surface area contributed by atoms with Crippen LogP contribution in [0.25, 0.3) is 54.4 Å². The fourth-order valence-electron chi connectivity index (χ4n) is 8.30. The van der Waals surface area contributed by atoms with Gasteiger partial charge in [0.25, 0.3) is 0 Å². The van der Waals surface area contributed by atoms with Crippen LogP contribution in [0.4, 0.5) is 0 Å². The van der Waals surface area contributed by atoms with Gasteiger partial charge in [0.15, 0.2) is 11.6 Å². The summed E-state index contributed by atoms with van der Waals surface area (Å²) in [7, 11) is 4.02. The van der Waals surface area contributed by atoms with Gasteiger partial charge in [-0.25, -0.2) is 0 Å². The molecule has 7 heteroatoms. The summed E-state index contributed by atoms with van der Waals surface area (Å²) in [6.07, 6.45) is 2.22. The maximum atomic E-state index is 11.2. The van der Waals surface area contributed by atoms with Gasteiger partial charge in [0.05, 0.1) is 27.5 Å². The maximum Gasteiger partial charge on any atom is 0.197 e. The highest BCUT2D eigenvalue weighted by Gasteiger charge is 2.53. The minimum atomic E-state index is -0.812. The first-order valence-corrected chi connectivity index (χ1v) is 14.6. The summed E-state index contributed by atoms with van der Waals surface area (Å²) in [4.78, 5) is 5.57. The number of aromatic hydroxyl groups is 1. The van der Waals surface area contributed by atoms with Gasteiger partial charge in [-0.05, 0) is 31.7 Å². The van der Waals surface area contributed by atoms with E-state index >= 15 is 0 Å². The Morgan fingerprint density at radius 3 is 2.36 bits per heavy atom. The predicted molar refractivity (Wildman–Crippen MR) is 167 cm³/mol. The Balaban J connectivity index is 1.44. The van der Waals surface area contributed by atoms with Crippen molar-refractivity contribution in [2.45, 2.75) is 44.0 Å². The number of rotatable bonds is 4. The summed E-state index contributed by atoms with van der Waals surface area (Å²) in [6.45, 7) is 3.00. The number of likely N-dealkylation sites (N-methyl/N-ethyl adjacent to an activating group) is 1. The van der Waals surface area contributed by atoms with E-state index < -0.39 is 5.72 Å². The summed E-state index contributed by atoms with van der Waals surface area (Å²) in [6, 6.07) is 27.8. The van der Waals surface area contributed by atoms with E-state index in [1.54, 1.807) is 0 Å². The standard InChI is InChI=1S/C35H32N4O3/c1-35-33(41-3)26(37(2)19-20-11-5-4-6-12-20)17-27(42-35)38-24-15-9-7-13-21(24)29-30-23(18-36-34(30)40)28-22-14-8-10-16-25(22)39(35)32(28)31(29)38/h4-16,18,26-27,33,36,40H,17,19H2,1-3H3. The van der Waals surface area contributed by atoms with Crippen LogP contribution in [0, 0.1) is 0 Å². The van der Waals surface area contributed by atoms with Crippen LogP contribution in [0.2, 0.25) is 0 Å². The molecule has 7 nitrogen and oxygen atoms in total. The smallest absolute Gasteiger partial charge is 0.197 e. The zero-order chi connectivity index (χ0) is 28.3. The number of H-pyrrole nitrogens is 1. The van der Waals surface area contributed by atoms with Crippen molar-refractivity contribution in [2.24, 2.45) is 0 Å². The number of hydrogen-bond donors (Lipinski definition) is 2. The van der Waals surface area contributed by atoms with Crippen LogP contribution in [-0.2, 0) is 21.7 Å². The molecule has 1 fully saturated rings. The van der Waals surface area contributed by atoms with Crippen LogP contribution in [0.15, 0.2) is 85.1 Å². The molecule has 4 aromatic carbocycles. The Hall–Kier alpha value is -4.30. The fourth-order valence-corrected chi connectivity index (χ4v) is 8.30. The van der Waals surface area contributed by atoms with Gasteiger partial charge in [0, 0.05) is 59.2 Å². The highest BCUT2D eigenvalue weighted by atomic mass is 16.6. The largest absolute Gasteiger partial charge is 0.494 e. The molecule has 3 aromatic heterocycles. The number of nitrogens with one attached hydrogen (secondary N) is 1. The molecule has 0 saturated carbocycles. The monoisotopic (exact) mass is 556 g/mol. The highest BCUT2D eigenvalue weighted by molar-refractivity contribution is 6.36. The van der Waals surface area contributed by atoms with Crippen LogP contribution in [-0.4, -0.2) is 50.4 Å². The second-order valence-electron chi connectivity index (χ2n) is 12.1. The maximum absolute atomic E-state index is 11.2. The molecule has 2 N–H and O–H groups in total. The van der Waals surface area contributed by atoms with E-state index in [9.17, 15) is 5.11 Å². The van der Waals surface area contributed by atoms with Gasteiger partial charge in [-0.15, -0.1) is 0 Å². The van der Waals surface area contributed by atoms with Crippen molar-refractivity contribution in [2.75, 3.05) is 14.2 Å². The first kappa shape index (κ1) is 24.3. The van der Waals surface area contributed by atoms with Crippen LogP contribution in [0.1, 0.15) is 25.1 Å². The summed E-state index contributed by atoms with van der Waals surface area (Å²) in [5.74, 6) is 0.196. The fraction of sp³-hybridized carbons (Fsp3) is 0.257. The molecular weight excluding hydrogens is 524 g/mol. The van der Waals surface area contributed by atoms with Gasteiger partial charge in [-0.1, -0.05) is 66.7 Å². The lowest BCUT2D eigenvalue weighted by Gasteiger charge is -2.50. The zero-order valence-electron chi connectivity index (χ0n) is 23.8. The quantitative estimate of drug-likeness (QED) is 0.240. The number of ether oxygens (including phenoxy) is 2. The average molecular weight is 557 g/mol. The number of hydrogen-bond acceptors (Lipinski definition) is 4. The van der Waals surface area contributed by atoms with Crippen molar-refractivity contribution >= 4 is 54.4 Å². The third kappa shape index (κ3) is 2.90. The van der Waals surface area contributed by atoms with Crippen molar-refractivity contribution in [3.63, 3.8) is 0 Å². The van der Waals surface area contributed by atoms with E-state index in [4.69, 9.17) is 9.47 Å². The average Bonchev–Trinajstić information content (AvgIpc) is 3.65. The summed E-state index contributed by atoms with van der Waals surface area (Å²) >= 11 is 0. The summed E-state index contributed by atoms with van der Waals surface area (Å²) in [5, 5.41) is 17.5. The third-order valence-electron chi connectivity index (χ3n) is 9.91. The second kappa shape index (κ2) is 8.38. The molecule has 2 aliphatic rings. The van der Waals surface area contributed by atoms with E-state index in [-0.39, 0.29) is 24.3 Å². The lowest BCUT2D eigenvalue weighted by molar-refractivity contribution is -0.268. The second-order valence-corrected chi connectivity index (χ2v) is 12.1. The van der Waals surface area contributed by atoms with Crippen molar-refractivity contribution in [3.8, 4) is 5.88 Å². The predicted octanol–water partition coefficient (Wildman–Crippen LogP) is 7.21. The van der Waals surface area contributed by atoms with Crippen molar-refractivity contribution in [1.29, 1.82) is 0 Å². The summed E-state index contributed by atoms with van der Waals surface area (Å²) < 4.78 is 18.6. The van der Waals surface area contributed by atoms with E-state index in [1.165, 1.54) is 5.56 Å². The zero-order valence-corrected chi connectivity index (χ0v) is 23.8. The van der Waals surface area contributed by atoms with Crippen molar-refractivity contribution in [1.82, 2.24) is 19.0 Å². The van der Waals surface area contributed by atoms with Crippen molar-refractivity contribution in [3.05, 3.63) is 90.6 Å². The number of para-hydroxylation sites is 2. The van der Waals surface area contributed by atoms with Gasteiger partial charge in [0.2, 0.25) is 0 Å². The third-order valence-corrected chi connectivity index (χ3v) is 9.91. The molecule has 210 valence electrons. The number of fused-ring (bicyclic) bond motifs is 13. The number of aromatic nitrogens is 3. The van der Waals surface area contributed by atoms with Crippen LogP contribution in [0.3, 0.4) is 0 Å². The molecule has 1 saturated heterocycles. The molecule has 4 unspecified atom stereocenters. The minimum absolute atomic E-state index is 0.0701. The van der Waals surface area contributed by atoms with Crippen LogP contribution >= 0.6 is 0 Å². The molecular formula is C35H32N4O3. The Kier molecular flexibility index (Phi) is 4.85. The molecule has 7 aromatic rings. The van der Waals surface area contributed by atoms with Gasteiger partial charge in [0.1, 0.15) is 12.3 Å². The SMILES string of the molecule is COC1C(N(C)Cc2ccccc2)CC2OC1(C)n1c3ccccc3c3c4c[nH]c(O)c4c4c5ccccc5n2c4c31. The van der Waals surface area contributed by atoms with Gasteiger partial charge in [-0.3, -0.25) is 4.90 Å². The van der Waals surface area contributed by atoms with Crippen LogP contribution in [0.5, 0.6) is 5.88 Å². The molecule has 0 radical (unpaired) electrons. The van der Waals surface area contributed by atoms with E-state index in [0.29, 0.717) is 0 Å². The number of nitrogens with zero attached hydrogens (tertiary/aromatic N) is 3. The molecule has 0 spiro atoms.